The van der Waals surface area contributed by atoms with E-state index in [0.717, 1.165) is 21.5 Å². The van der Waals surface area contributed by atoms with Crippen LogP contribution in [0.3, 0.4) is 0 Å². The van der Waals surface area contributed by atoms with E-state index in [1.165, 1.54) is 23.3 Å². The van der Waals surface area contributed by atoms with Gasteiger partial charge >= 0.3 is 0 Å². The third kappa shape index (κ3) is 2.16. The number of aromatic nitrogens is 4. The Labute approximate surface area is 111 Å². The van der Waals surface area contributed by atoms with Crippen molar-refractivity contribution in [2.75, 3.05) is 0 Å². The summed E-state index contributed by atoms with van der Waals surface area (Å²) < 4.78 is 15.6. The highest BCUT2D eigenvalue weighted by Gasteiger charge is 2.14. The zero-order valence-electron chi connectivity index (χ0n) is 9.58. The van der Waals surface area contributed by atoms with Crippen LogP contribution in [0.2, 0.25) is 0 Å². The topological polar surface area (TPSA) is 77.8 Å². The van der Waals surface area contributed by atoms with Crippen LogP contribution in [0.4, 0.5) is 0 Å². The van der Waals surface area contributed by atoms with E-state index in [2.05, 4.69) is 19.6 Å². The maximum absolute atomic E-state index is 5.54. The molecule has 8 heteroatoms. The second-order valence-corrected chi connectivity index (χ2v) is 5.42. The fourth-order valence-corrected chi connectivity index (χ4v) is 2.79. The molecule has 6 nitrogen and oxygen atoms in total. The van der Waals surface area contributed by atoms with Gasteiger partial charge in [-0.25, -0.2) is 4.98 Å². The molecular formula is C10H8N4O2S2. The van der Waals surface area contributed by atoms with Crippen molar-refractivity contribution in [3.05, 3.63) is 23.9 Å². The Morgan fingerprint density at radius 3 is 2.83 bits per heavy atom. The molecule has 3 rings (SSSR count). The zero-order valence-corrected chi connectivity index (χ0v) is 11.2. The molecule has 3 aromatic rings. The first-order chi connectivity index (χ1) is 8.72. The molecule has 0 aliphatic heterocycles. The SMILES string of the molecule is Cc1nsc(Sc2nnc(-c3ccoc3C)o2)n1. The second kappa shape index (κ2) is 4.54. The molecule has 0 saturated carbocycles. The highest BCUT2D eigenvalue weighted by molar-refractivity contribution is 8.00. The number of rotatable bonds is 3. The van der Waals surface area contributed by atoms with Crippen LogP contribution in [0.5, 0.6) is 0 Å². The van der Waals surface area contributed by atoms with Crippen LogP contribution in [0, 0.1) is 13.8 Å². The van der Waals surface area contributed by atoms with E-state index in [9.17, 15) is 0 Å². The molecule has 0 aliphatic carbocycles. The number of hydrogen-bond donors (Lipinski definition) is 0. The molecule has 0 bridgehead atoms. The molecule has 18 heavy (non-hydrogen) atoms. The summed E-state index contributed by atoms with van der Waals surface area (Å²) in [5.41, 5.74) is 0.808. The average molecular weight is 280 g/mol. The van der Waals surface area contributed by atoms with Gasteiger partial charge in [-0.1, -0.05) is 0 Å². The summed E-state index contributed by atoms with van der Waals surface area (Å²) >= 11 is 2.62. The first-order valence-electron chi connectivity index (χ1n) is 5.08. The Morgan fingerprint density at radius 1 is 1.28 bits per heavy atom. The lowest BCUT2D eigenvalue weighted by molar-refractivity contribution is 0.463. The Hall–Kier alpha value is -1.67. The van der Waals surface area contributed by atoms with Gasteiger partial charge in [-0.3, -0.25) is 0 Å². The monoisotopic (exact) mass is 280 g/mol. The smallest absolute Gasteiger partial charge is 0.284 e. The summed E-state index contributed by atoms with van der Waals surface area (Å²) in [6.45, 7) is 3.69. The van der Waals surface area contributed by atoms with E-state index >= 15 is 0 Å². The molecule has 0 radical (unpaired) electrons. The quantitative estimate of drug-likeness (QED) is 0.729. The van der Waals surface area contributed by atoms with Gasteiger partial charge in [-0.05, 0) is 31.4 Å². The first-order valence-corrected chi connectivity index (χ1v) is 6.67. The normalized spacial score (nSPS) is 11.0. The third-order valence-corrected chi connectivity index (χ3v) is 3.86. The number of hydrogen-bond acceptors (Lipinski definition) is 8. The zero-order chi connectivity index (χ0) is 12.5. The summed E-state index contributed by atoms with van der Waals surface area (Å²) in [7, 11) is 0. The van der Waals surface area contributed by atoms with Crippen molar-refractivity contribution in [3.63, 3.8) is 0 Å². The molecule has 0 unspecified atom stereocenters. The third-order valence-electron chi connectivity index (χ3n) is 2.18. The fraction of sp³-hybridized carbons (Fsp3) is 0.200. The highest BCUT2D eigenvalue weighted by Crippen LogP contribution is 2.31. The summed E-state index contributed by atoms with van der Waals surface area (Å²) in [5, 5.41) is 8.39. The molecule has 3 aromatic heterocycles. The van der Waals surface area contributed by atoms with Gasteiger partial charge in [0.1, 0.15) is 11.6 Å². The molecule has 0 spiro atoms. The minimum Gasteiger partial charge on any atom is -0.469 e. The van der Waals surface area contributed by atoms with Gasteiger partial charge in [0.15, 0.2) is 4.34 Å². The fourth-order valence-electron chi connectivity index (χ4n) is 1.36. The van der Waals surface area contributed by atoms with Crippen molar-refractivity contribution in [1.82, 2.24) is 19.6 Å². The molecular weight excluding hydrogens is 272 g/mol. The number of aryl methyl sites for hydroxylation is 2. The molecule has 0 aromatic carbocycles. The Kier molecular flexibility index (Phi) is 2.88. The molecule has 0 N–H and O–H groups in total. The Morgan fingerprint density at radius 2 is 2.17 bits per heavy atom. The van der Waals surface area contributed by atoms with E-state index in [1.54, 1.807) is 12.3 Å². The van der Waals surface area contributed by atoms with E-state index in [1.807, 2.05) is 13.8 Å². The standard InChI is InChI=1S/C10H8N4O2S2/c1-5-7(3-4-15-5)8-12-13-9(16-8)17-10-11-6(2)14-18-10/h3-4H,1-2H3. The highest BCUT2D eigenvalue weighted by atomic mass is 32.2. The molecule has 0 atom stereocenters. The van der Waals surface area contributed by atoms with Crippen molar-refractivity contribution in [2.24, 2.45) is 0 Å². The lowest BCUT2D eigenvalue weighted by Gasteiger charge is -1.89. The number of furan rings is 1. The summed E-state index contributed by atoms with van der Waals surface area (Å²) in [6, 6.07) is 1.80. The average Bonchev–Trinajstić information content (AvgIpc) is 3.02. The van der Waals surface area contributed by atoms with Gasteiger partial charge in [0.2, 0.25) is 0 Å². The number of nitrogens with zero attached hydrogens (tertiary/aromatic N) is 4. The van der Waals surface area contributed by atoms with Gasteiger partial charge in [-0.2, -0.15) is 4.37 Å². The van der Waals surface area contributed by atoms with Crippen molar-refractivity contribution < 1.29 is 8.83 Å². The van der Waals surface area contributed by atoms with Crippen LogP contribution in [0.1, 0.15) is 11.6 Å². The summed E-state index contributed by atoms with van der Waals surface area (Å²) in [5.74, 6) is 1.94. The van der Waals surface area contributed by atoms with E-state index in [-0.39, 0.29) is 0 Å². The Balaban J connectivity index is 1.84. The molecule has 0 fully saturated rings. The molecule has 0 aliphatic rings. The van der Waals surface area contributed by atoms with Crippen molar-refractivity contribution in [3.8, 4) is 11.5 Å². The lowest BCUT2D eigenvalue weighted by Crippen LogP contribution is -1.76. The summed E-state index contributed by atoms with van der Waals surface area (Å²) in [4.78, 5) is 4.22. The van der Waals surface area contributed by atoms with Gasteiger partial charge in [0.25, 0.3) is 11.1 Å². The van der Waals surface area contributed by atoms with Crippen molar-refractivity contribution in [2.45, 2.75) is 23.4 Å². The summed E-state index contributed by atoms with van der Waals surface area (Å²) in [6.07, 6.45) is 1.59. The van der Waals surface area contributed by atoms with Crippen LogP contribution >= 0.6 is 23.3 Å². The van der Waals surface area contributed by atoms with Gasteiger partial charge < -0.3 is 8.83 Å². The van der Waals surface area contributed by atoms with Crippen molar-refractivity contribution >= 4 is 23.3 Å². The lowest BCUT2D eigenvalue weighted by atomic mass is 10.3. The molecule has 3 heterocycles. The van der Waals surface area contributed by atoms with Crippen molar-refractivity contribution in [1.29, 1.82) is 0 Å². The predicted molar refractivity (Wildman–Crippen MR) is 65.5 cm³/mol. The van der Waals surface area contributed by atoms with Gasteiger partial charge in [-0.15, -0.1) is 10.2 Å². The van der Waals surface area contributed by atoms with Crippen LogP contribution in [-0.4, -0.2) is 19.6 Å². The Bertz CT molecular complexity index is 673. The largest absolute Gasteiger partial charge is 0.469 e. The molecule has 0 amide bonds. The van der Waals surface area contributed by atoms with Gasteiger partial charge in [0.05, 0.1) is 11.8 Å². The minimum absolute atomic E-state index is 0.446. The van der Waals surface area contributed by atoms with E-state index in [4.69, 9.17) is 8.83 Å². The second-order valence-electron chi connectivity index (χ2n) is 3.47. The van der Waals surface area contributed by atoms with Crippen LogP contribution in [0.25, 0.3) is 11.5 Å². The van der Waals surface area contributed by atoms with E-state index in [0.29, 0.717) is 11.1 Å². The van der Waals surface area contributed by atoms with E-state index < -0.39 is 0 Å². The molecule has 92 valence electrons. The van der Waals surface area contributed by atoms with Crippen LogP contribution < -0.4 is 0 Å². The maximum Gasteiger partial charge on any atom is 0.284 e. The molecule has 0 saturated heterocycles. The minimum atomic E-state index is 0.446. The van der Waals surface area contributed by atoms with Crippen LogP contribution in [-0.2, 0) is 0 Å². The maximum atomic E-state index is 5.54. The van der Waals surface area contributed by atoms with Gasteiger partial charge in [0, 0.05) is 11.8 Å². The van der Waals surface area contributed by atoms with Crippen LogP contribution in [0.15, 0.2) is 30.7 Å². The predicted octanol–water partition coefficient (Wildman–Crippen LogP) is 2.95. The first kappa shape index (κ1) is 11.4.